The van der Waals surface area contributed by atoms with E-state index in [0.29, 0.717) is 5.76 Å². The van der Waals surface area contributed by atoms with Crippen LogP contribution in [-0.4, -0.2) is 16.7 Å². The molecule has 1 aromatic carbocycles. The van der Waals surface area contributed by atoms with Gasteiger partial charge in [-0.25, -0.2) is 5.43 Å². The molecule has 0 atom stereocenters. The van der Waals surface area contributed by atoms with Crippen LogP contribution in [-0.2, 0) is 0 Å². The number of aryl methyl sites for hydroxylation is 3. The van der Waals surface area contributed by atoms with Gasteiger partial charge in [-0.1, -0.05) is 12.1 Å². The summed E-state index contributed by atoms with van der Waals surface area (Å²) in [7, 11) is 0. The van der Waals surface area contributed by atoms with E-state index in [0.717, 1.165) is 22.6 Å². The molecule has 0 saturated carbocycles. The molecule has 0 aliphatic carbocycles. The highest BCUT2D eigenvalue weighted by Crippen LogP contribution is 2.20. The van der Waals surface area contributed by atoms with Crippen LogP contribution >= 0.6 is 0 Å². The largest absolute Gasteiger partial charge is 0.456 e. The van der Waals surface area contributed by atoms with Crippen molar-refractivity contribution >= 4 is 12.1 Å². The van der Waals surface area contributed by atoms with Crippen molar-refractivity contribution in [3.05, 3.63) is 76.5 Å². The van der Waals surface area contributed by atoms with Gasteiger partial charge in [0.1, 0.15) is 5.76 Å². The van der Waals surface area contributed by atoms with Gasteiger partial charge < -0.3 is 8.98 Å². The van der Waals surface area contributed by atoms with Crippen LogP contribution in [0.2, 0.25) is 0 Å². The highest BCUT2D eigenvalue weighted by molar-refractivity contribution is 5.92. The summed E-state index contributed by atoms with van der Waals surface area (Å²) >= 11 is 0. The first-order valence-electron chi connectivity index (χ1n) is 8.11. The quantitative estimate of drug-likeness (QED) is 0.577. The van der Waals surface area contributed by atoms with Gasteiger partial charge in [0, 0.05) is 22.6 Å². The van der Waals surface area contributed by atoms with Crippen molar-refractivity contribution in [2.24, 2.45) is 5.10 Å². The van der Waals surface area contributed by atoms with Crippen molar-refractivity contribution in [3.8, 4) is 5.69 Å². The second-order valence-electron chi connectivity index (χ2n) is 6.11. The van der Waals surface area contributed by atoms with E-state index < -0.39 is 0 Å². The second-order valence-corrected chi connectivity index (χ2v) is 6.11. The summed E-state index contributed by atoms with van der Waals surface area (Å²) in [6, 6.07) is 13.8. The summed E-state index contributed by atoms with van der Waals surface area (Å²) < 4.78 is 7.45. The van der Waals surface area contributed by atoms with Gasteiger partial charge in [-0.15, -0.1) is 0 Å². The first-order valence-corrected chi connectivity index (χ1v) is 8.11. The predicted molar refractivity (Wildman–Crippen MR) is 98.5 cm³/mol. The van der Waals surface area contributed by atoms with E-state index in [-0.39, 0.29) is 11.7 Å². The fraction of sp³-hybridized carbons (Fsp3) is 0.200. The molecule has 0 aliphatic heterocycles. The number of carbonyl (C=O) groups excluding carboxylic acids is 1. The zero-order valence-corrected chi connectivity index (χ0v) is 14.8. The lowest BCUT2D eigenvalue weighted by Crippen LogP contribution is -2.16. The molecular weight excluding hydrogens is 314 g/mol. The van der Waals surface area contributed by atoms with Gasteiger partial charge in [0.2, 0.25) is 0 Å². The Morgan fingerprint density at radius 3 is 2.60 bits per heavy atom. The minimum atomic E-state index is -0.364. The molecule has 3 rings (SSSR count). The number of nitrogens with zero attached hydrogens (tertiary/aromatic N) is 2. The van der Waals surface area contributed by atoms with Gasteiger partial charge in [-0.05, 0) is 63.6 Å². The number of aromatic nitrogens is 1. The zero-order valence-electron chi connectivity index (χ0n) is 14.8. The summed E-state index contributed by atoms with van der Waals surface area (Å²) in [5.41, 5.74) is 7.95. The maximum absolute atomic E-state index is 11.9. The van der Waals surface area contributed by atoms with Crippen molar-refractivity contribution in [2.45, 2.75) is 27.7 Å². The monoisotopic (exact) mass is 335 g/mol. The van der Waals surface area contributed by atoms with E-state index in [1.54, 1.807) is 25.3 Å². The van der Waals surface area contributed by atoms with Crippen molar-refractivity contribution in [1.29, 1.82) is 0 Å². The summed E-state index contributed by atoms with van der Waals surface area (Å²) in [6.07, 6.45) is 1.66. The molecule has 3 aromatic rings. The first-order chi connectivity index (χ1) is 12.0. The van der Waals surface area contributed by atoms with Crippen LogP contribution in [0.25, 0.3) is 5.69 Å². The molecular formula is C20H21N3O2. The molecule has 1 amide bonds. The van der Waals surface area contributed by atoms with E-state index in [4.69, 9.17) is 4.42 Å². The average molecular weight is 335 g/mol. The number of benzene rings is 1. The summed E-state index contributed by atoms with van der Waals surface area (Å²) in [5, 5.41) is 4.06. The van der Waals surface area contributed by atoms with Crippen molar-refractivity contribution < 1.29 is 9.21 Å². The first kappa shape index (κ1) is 16.8. The Balaban J connectivity index is 1.80. The smallest absolute Gasteiger partial charge is 0.307 e. The molecule has 128 valence electrons. The standard InChI is InChI=1S/C20H21N3O2/c1-13-6-5-7-18(10-13)23-14(2)11-17(16(23)4)12-21-22-20(24)19-9-8-15(3)25-19/h5-12H,1-4H3,(H,22,24)/b21-12-. The third-order valence-corrected chi connectivity index (χ3v) is 4.06. The normalized spacial score (nSPS) is 11.2. The van der Waals surface area contributed by atoms with Crippen LogP contribution in [0.15, 0.2) is 52.0 Å². The molecule has 5 nitrogen and oxygen atoms in total. The Labute approximate surface area is 147 Å². The number of rotatable bonds is 4. The van der Waals surface area contributed by atoms with Crippen LogP contribution in [0, 0.1) is 27.7 Å². The molecule has 2 aromatic heterocycles. The van der Waals surface area contributed by atoms with Gasteiger partial charge in [-0.3, -0.25) is 4.79 Å². The van der Waals surface area contributed by atoms with Gasteiger partial charge in [0.25, 0.3) is 0 Å². The molecule has 0 fully saturated rings. The third-order valence-electron chi connectivity index (χ3n) is 4.06. The molecule has 0 radical (unpaired) electrons. The highest BCUT2D eigenvalue weighted by Gasteiger charge is 2.11. The molecule has 2 heterocycles. The average Bonchev–Trinajstić information content (AvgIpc) is 3.11. The Morgan fingerprint density at radius 1 is 1.12 bits per heavy atom. The van der Waals surface area contributed by atoms with Gasteiger partial charge in [-0.2, -0.15) is 5.10 Å². The van der Waals surface area contributed by atoms with E-state index in [1.807, 2.05) is 19.1 Å². The minimum Gasteiger partial charge on any atom is -0.456 e. The van der Waals surface area contributed by atoms with Gasteiger partial charge in [0.15, 0.2) is 5.76 Å². The lowest BCUT2D eigenvalue weighted by Gasteiger charge is -2.10. The second kappa shape index (κ2) is 6.81. The van der Waals surface area contributed by atoms with Gasteiger partial charge in [0.05, 0.1) is 6.21 Å². The molecule has 5 heteroatoms. The maximum atomic E-state index is 11.9. The molecule has 25 heavy (non-hydrogen) atoms. The Kier molecular flexibility index (Phi) is 4.57. The zero-order chi connectivity index (χ0) is 18.0. The maximum Gasteiger partial charge on any atom is 0.307 e. The van der Waals surface area contributed by atoms with E-state index >= 15 is 0 Å². The van der Waals surface area contributed by atoms with E-state index in [1.165, 1.54) is 5.56 Å². The van der Waals surface area contributed by atoms with Crippen molar-refractivity contribution in [2.75, 3.05) is 0 Å². The number of hydrogen-bond donors (Lipinski definition) is 1. The number of nitrogens with one attached hydrogen (secondary N) is 1. The molecule has 0 bridgehead atoms. The molecule has 0 unspecified atom stereocenters. The van der Waals surface area contributed by atoms with E-state index in [9.17, 15) is 4.79 Å². The number of furan rings is 1. The number of amides is 1. The van der Waals surface area contributed by atoms with Crippen LogP contribution in [0.4, 0.5) is 0 Å². The number of hydrazone groups is 1. The van der Waals surface area contributed by atoms with Crippen LogP contribution in [0.3, 0.4) is 0 Å². The Hall–Kier alpha value is -3.08. The lowest BCUT2D eigenvalue weighted by atomic mass is 10.2. The van der Waals surface area contributed by atoms with Crippen molar-refractivity contribution in [1.82, 2.24) is 9.99 Å². The number of hydrogen-bond acceptors (Lipinski definition) is 3. The molecule has 0 aliphatic rings. The lowest BCUT2D eigenvalue weighted by molar-refractivity contribution is 0.0926. The topological polar surface area (TPSA) is 59.5 Å². The molecule has 0 spiro atoms. The van der Waals surface area contributed by atoms with Crippen LogP contribution in [0.5, 0.6) is 0 Å². The van der Waals surface area contributed by atoms with Crippen LogP contribution < -0.4 is 5.43 Å². The minimum absolute atomic E-state index is 0.250. The Morgan fingerprint density at radius 2 is 1.92 bits per heavy atom. The SMILES string of the molecule is Cc1cccc(-n2c(C)cc(/C=N\NC(=O)c3ccc(C)o3)c2C)c1. The van der Waals surface area contributed by atoms with E-state index in [2.05, 4.69) is 47.1 Å². The van der Waals surface area contributed by atoms with Crippen LogP contribution in [0.1, 0.15) is 38.8 Å². The summed E-state index contributed by atoms with van der Waals surface area (Å²) in [4.78, 5) is 11.9. The highest BCUT2D eigenvalue weighted by atomic mass is 16.3. The molecule has 1 N–H and O–H groups in total. The van der Waals surface area contributed by atoms with Gasteiger partial charge >= 0.3 is 5.91 Å². The summed E-state index contributed by atoms with van der Waals surface area (Å²) in [6.45, 7) is 7.96. The Bertz CT molecular complexity index is 948. The summed E-state index contributed by atoms with van der Waals surface area (Å²) in [5.74, 6) is 0.576. The third kappa shape index (κ3) is 3.55. The fourth-order valence-corrected chi connectivity index (χ4v) is 2.85. The number of carbonyl (C=O) groups is 1. The predicted octanol–water partition coefficient (Wildman–Crippen LogP) is 4.07. The molecule has 0 saturated heterocycles. The van der Waals surface area contributed by atoms with Crippen molar-refractivity contribution in [3.63, 3.8) is 0 Å². The fourth-order valence-electron chi connectivity index (χ4n) is 2.85.